The van der Waals surface area contributed by atoms with Gasteiger partial charge in [-0.1, -0.05) is 33.8 Å². The summed E-state index contributed by atoms with van der Waals surface area (Å²) in [6, 6.07) is -2.89. The maximum Gasteiger partial charge on any atom is 0.404 e. The standard InChI is InChI=1S/C13H22F3NO2/c1-7-12(4,5)11(13(14,15)16)17-9(8(2)3)10(18)19-6/h7-9,11,17H,1H2,2-6H3. The van der Waals surface area contributed by atoms with Crippen molar-refractivity contribution in [3.8, 4) is 0 Å². The third-order valence-electron chi connectivity index (χ3n) is 3.07. The molecule has 0 aliphatic carbocycles. The van der Waals surface area contributed by atoms with Gasteiger partial charge in [-0.2, -0.15) is 13.2 Å². The molecule has 0 aromatic heterocycles. The van der Waals surface area contributed by atoms with E-state index in [1.54, 1.807) is 13.8 Å². The average Bonchev–Trinajstić information content (AvgIpc) is 2.26. The molecule has 0 saturated heterocycles. The third kappa shape index (κ3) is 4.86. The third-order valence-corrected chi connectivity index (χ3v) is 3.07. The second-order valence-electron chi connectivity index (χ2n) is 5.41. The summed E-state index contributed by atoms with van der Waals surface area (Å²) in [6.45, 7) is 9.57. The van der Waals surface area contributed by atoms with E-state index in [4.69, 9.17) is 0 Å². The van der Waals surface area contributed by atoms with Crippen LogP contribution in [0.25, 0.3) is 0 Å². The van der Waals surface area contributed by atoms with E-state index in [0.717, 1.165) is 7.11 Å². The first-order chi connectivity index (χ1) is 8.47. The molecule has 0 aromatic carbocycles. The van der Waals surface area contributed by atoms with Crippen LogP contribution >= 0.6 is 0 Å². The first-order valence-corrected chi connectivity index (χ1v) is 6.01. The number of methoxy groups -OCH3 is 1. The maximum atomic E-state index is 13.1. The van der Waals surface area contributed by atoms with Gasteiger partial charge in [0.1, 0.15) is 12.1 Å². The second-order valence-corrected chi connectivity index (χ2v) is 5.41. The van der Waals surface area contributed by atoms with Gasteiger partial charge in [-0.25, -0.2) is 0 Å². The molecule has 1 N–H and O–H groups in total. The zero-order valence-corrected chi connectivity index (χ0v) is 12.0. The molecule has 0 amide bonds. The highest BCUT2D eigenvalue weighted by Crippen LogP contribution is 2.35. The minimum Gasteiger partial charge on any atom is -0.468 e. The van der Waals surface area contributed by atoms with Gasteiger partial charge in [-0.3, -0.25) is 10.1 Å². The first kappa shape index (κ1) is 18.0. The second kappa shape index (κ2) is 6.41. The van der Waals surface area contributed by atoms with E-state index in [1.807, 2.05) is 0 Å². The molecule has 3 nitrogen and oxygen atoms in total. The van der Waals surface area contributed by atoms with E-state index in [0.29, 0.717) is 0 Å². The maximum absolute atomic E-state index is 13.1. The normalized spacial score (nSPS) is 16.1. The van der Waals surface area contributed by atoms with Crippen LogP contribution in [0.2, 0.25) is 0 Å². The molecule has 0 aliphatic rings. The van der Waals surface area contributed by atoms with E-state index in [9.17, 15) is 18.0 Å². The zero-order chi connectivity index (χ0) is 15.4. The lowest BCUT2D eigenvalue weighted by Crippen LogP contribution is -2.58. The van der Waals surface area contributed by atoms with Gasteiger partial charge < -0.3 is 4.74 Å². The summed E-state index contributed by atoms with van der Waals surface area (Å²) in [6.07, 6.45) is -3.26. The Balaban J connectivity index is 5.31. The van der Waals surface area contributed by atoms with Crippen LogP contribution in [0.3, 0.4) is 0 Å². The van der Waals surface area contributed by atoms with Crippen LogP contribution in [0, 0.1) is 11.3 Å². The molecule has 2 unspecified atom stereocenters. The quantitative estimate of drug-likeness (QED) is 0.601. The molecule has 0 rings (SSSR count). The highest BCUT2D eigenvalue weighted by atomic mass is 19.4. The molecule has 112 valence electrons. The molecule has 0 bridgehead atoms. The molecular formula is C13H22F3NO2. The van der Waals surface area contributed by atoms with Crippen LogP contribution in [0.4, 0.5) is 13.2 Å². The Morgan fingerprint density at radius 2 is 1.79 bits per heavy atom. The molecule has 0 saturated carbocycles. The van der Waals surface area contributed by atoms with Crippen LogP contribution in [-0.2, 0) is 9.53 Å². The Morgan fingerprint density at radius 1 is 1.32 bits per heavy atom. The number of hydrogen-bond acceptors (Lipinski definition) is 3. The average molecular weight is 281 g/mol. The molecule has 0 radical (unpaired) electrons. The fourth-order valence-corrected chi connectivity index (χ4v) is 1.69. The topological polar surface area (TPSA) is 38.3 Å². The number of carbonyl (C=O) groups excluding carboxylic acids is 1. The summed E-state index contributed by atoms with van der Waals surface area (Å²) in [5.74, 6) is -1.03. The number of carbonyl (C=O) groups is 1. The van der Waals surface area contributed by atoms with Crippen molar-refractivity contribution in [3.05, 3.63) is 12.7 Å². The summed E-state index contributed by atoms with van der Waals surface area (Å²) in [7, 11) is 1.15. The van der Waals surface area contributed by atoms with Crippen LogP contribution in [-0.4, -0.2) is 31.3 Å². The van der Waals surface area contributed by atoms with Crippen LogP contribution in [0.5, 0.6) is 0 Å². The molecule has 0 spiro atoms. The van der Waals surface area contributed by atoms with E-state index in [-0.39, 0.29) is 5.92 Å². The predicted octanol–water partition coefficient (Wildman–Crippen LogP) is 2.92. The van der Waals surface area contributed by atoms with E-state index in [2.05, 4.69) is 16.6 Å². The number of ether oxygens (including phenoxy) is 1. The highest BCUT2D eigenvalue weighted by Gasteiger charge is 2.49. The lowest BCUT2D eigenvalue weighted by molar-refractivity contribution is -0.179. The molecule has 6 heteroatoms. The lowest BCUT2D eigenvalue weighted by Gasteiger charge is -2.36. The Kier molecular flexibility index (Phi) is 6.06. The molecule has 19 heavy (non-hydrogen) atoms. The van der Waals surface area contributed by atoms with Gasteiger partial charge in [0.15, 0.2) is 0 Å². The van der Waals surface area contributed by atoms with Crippen molar-refractivity contribution in [2.45, 2.75) is 46.0 Å². The molecule has 0 aromatic rings. The van der Waals surface area contributed by atoms with Crippen LogP contribution in [0.1, 0.15) is 27.7 Å². The number of alkyl halides is 3. The molecule has 0 fully saturated rings. The van der Waals surface area contributed by atoms with Crippen LogP contribution < -0.4 is 5.32 Å². The molecule has 2 atom stereocenters. The number of rotatable bonds is 6. The molecule has 0 heterocycles. The van der Waals surface area contributed by atoms with Gasteiger partial charge in [-0.15, -0.1) is 6.58 Å². The predicted molar refractivity (Wildman–Crippen MR) is 67.6 cm³/mol. The number of hydrogen-bond donors (Lipinski definition) is 1. The van der Waals surface area contributed by atoms with Crippen molar-refractivity contribution < 1.29 is 22.7 Å². The van der Waals surface area contributed by atoms with Crippen molar-refractivity contribution >= 4 is 5.97 Å². The Bertz CT molecular complexity index is 324. The van der Waals surface area contributed by atoms with Gasteiger partial charge in [0.25, 0.3) is 0 Å². The SMILES string of the molecule is C=CC(C)(C)C(NC(C(=O)OC)C(C)C)C(F)(F)F. The van der Waals surface area contributed by atoms with Crippen molar-refractivity contribution in [1.82, 2.24) is 5.32 Å². The van der Waals surface area contributed by atoms with Crippen molar-refractivity contribution in [2.24, 2.45) is 11.3 Å². The molecule has 0 aliphatic heterocycles. The van der Waals surface area contributed by atoms with Crippen molar-refractivity contribution in [2.75, 3.05) is 7.11 Å². The van der Waals surface area contributed by atoms with Gasteiger partial charge in [-0.05, 0) is 5.92 Å². The fourth-order valence-electron chi connectivity index (χ4n) is 1.69. The number of nitrogens with one attached hydrogen (secondary N) is 1. The number of halogens is 3. The van der Waals surface area contributed by atoms with Gasteiger partial charge >= 0.3 is 12.1 Å². The lowest BCUT2D eigenvalue weighted by atomic mass is 9.83. The summed E-state index contributed by atoms with van der Waals surface area (Å²) in [4.78, 5) is 11.6. The van der Waals surface area contributed by atoms with Crippen molar-refractivity contribution in [3.63, 3.8) is 0 Å². The van der Waals surface area contributed by atoms with Crippen molar-refractivity contribution in [1.29, 1.82) is 0 Å². The first-order valence-electron chi connectivity index (χ1n) is 6.01. The molecular weight excluding hydrogens is 259 g/mol. The van der Waals surface area contributed by atoms with E-state index < -0.39 is 29.6 Å². The highest BCUT2D eigenvalue weighted by molar-refractivity contribution is 5.76. The Morgan fingerprint density at radius 3 is 2.05 bits per heavy atom. The van der Waals surface area contributed by atoms with Gasteiger partial charge in [0.2, 0.25) is 0 Å². The Labute approximate surface area is 112 Å². The summed E-state index contributed by atoms with van der Waals surface area (Å²) in [5.41, 5.74) is -1.24. The largest absolute Gasteiger partial charge is 0.468 e. The van der Waals surface area contributed by atoms with Gasteiger partial charge in [0, 0.05) is 5.41 Å². The summed E-state index contributed by atoms with van der Waals surface area (Å²) in [5, 5.41) is 2.36. The van der Waals surface area contributed by atoms with Gasteiger partial charge in [0.05, 0.1) is 7.11 Å². The summed E-state index contributed by atoms with van der Waals surface area (Å²) < 4.78 is 43.9. The minimum atomic E-state index is -4.49. The smallest absolute Gasteiger partial charge is 0.404 e. The van der Waals surface area contributed by atoms with E-state index in [1.165, 1.54) is 19.9 Å². The minimum absolute atomic E-state index is 0.321. The van der Waals surface area contributed by atoms with E-state index >= 15 is 0 Å². The zero-order valence-electron chi connectivity index (χ0n) is 12.0. The fraction of sp³-hybridized carbons (Fsp3) is 0.769. The Hall–Kier alpha value is -1.04. The monoisotopic (exact) mass is 281 g/mol. The number of esters is 1. The van der Waals surface area contributed by atoms with Crippen LogP contribution in [0.15, 0.2) is 12.7 Å². The summed E-state index contributed by atoms with van der Waals surface area (Å²) >= 11 is 0.